The van der Waals surface area contributed by atoms with E-state index in [0.717, 1.165) is 5.56 Å². The Kier molecular flexibility index (Phi) is 4.85. The number of hydrogen-bond donors (Lipinski definition) is 3. The van der Waals surface area contributed by atoms with Crippen molar-refractivity contribution in [1.29, 1.82) is 0 Å². The number of carbonyl (C=O) groups is 2. The minimum Gasteiger partial charge on any atom is -0.477 e. The molecule has 0 unspecified atom stereocenters. The lowest BCUT2D eigenvalue weighted by molar-refractivity contribution is -0.132. The van der Waals surface area contributed by atoms with E-state index in [0.29, 0.717) is 11.5 Å². The number of para-hydroxylation sites is 1. The van der Waals surface area contributed by atoms with Crippen molar-refractivity contribution in [3.05, 3.63) is 83.8 Å². The SMILES string of the molecule is Nc1ccccc1C(=O)N/C(=C/c1ccc(-c2ccccc2)o1)C(=O)O. The largest absolute Gasteiger partial charge is 0.477 e. The first-order valence-corrected chi connectivity index (χ1v) is 7.80. The Morgan fingerprint density at radius 3 is 2.35 bits per heavy atom. The Morgan fingerprint density at radius 2 is 1.65 bits per heavy atom. The fraction of sp³-hybridized carbons (Fsp3) is 0. The molecule has 0 aliphatic rings. The van der Waals surface area contributed by atoms with Crippen LogP contribution in [-0.2, 0) is 4.79 Å². The number of benzene rings is 2. The number of amides is 1. The number of carboxylic acid groups (broad SMARTS) is 1. The summed E-state index contributed by atoms with van der Waals surface area (Å²) in [4.78, 5) is 23.7. The van der Waals surface area contributed by atoms with Gasteiger partial charge in [0.2, 0.25) is 0 Å². The lowest BCUT2D eigenvalue weighted by atomic mass is 10.1. The van der Waals surface area contributed by atoms with Gasteiger partial charge in [-0.05, 0) is 24.3 Å². The van der Waals surface area contributed by atoms with Gasteiger partial charge in [-0.2, -0.15) is 0 Å². The highest BCUT2D eigenvalue weighted by Crippen LogP contribution is 2.23. The first kappa shape index (κ1) is 17.0. The molecule has 130 valence electrons. The van der Waals surface area contributed by atoms with Crippen LogP contribution < -0.4 is 11.1 Å². The molecule has 6 nitrogen and oxygen atoms in total. The molecule has 0 fully saturated rings. The summed E-state index contributed by atoms with van der Waals surface area (Å²) in [6.45, 7) is 0. The van der Waals surface area contributed by atoms with Crippen molar-refractivity contribution in [3.8, 4) is 11.3 Å². The van der Waals surface area contributed by atoms with E-state index in [9.17, 15) is 14.7 Å². The summed E-state index contributed by atoms with van der Waals surface area (Å²) in [5, 5.41) is 11.7. The van der Waals surface area contributed by atoms with Crippen LogP contribution in [0.3, 0.4) is 0 Å². The van der Waals surface area contributed by atoms with Gasteiger partial charge in [-0.3, -0.25) is 4.79 Å². The van der Waals surface area contributed by atoms with Crippen LogP contribution >= 0.6 is 0 Å². The Bertz CT molecular complexity index is 974. The summed E-state index contributed by atoms with van der Waals surface area (Å²) in [6, 6.07) is 19.2. The van der Waals surface area contributed by atoms with Crippen molar-refractivity contribution in [3.63, 3.8) is 0 Å². The second-order valence-electron chi connectivity index (χ2n) is 5.47. The molecule has 0 aliphatic heterocycles. The predicted octanol–water partition coefficient (Wildman–Crippen LogP) is 3.38. The average Bonchev–Trinajstić information content (AvgIpc) is 3.11. The molecular formula is C20H16N2O4. The number of anilines is 1. The third kappa shape index (κ3) is 3.81. The molecular weight excluding hydrogens is 332 g/mol. The third-order valence-electron chi connectivity index (χ3n) is 3.66. The lowest BCUT2D eigenvalue weighted by Crippen LogP contribution is -2.27. The molecule has 0 saturated carbocycles. The molecule has 1 aromatic heterocycles. The average molecular weight is 348 g/mol. The fourth-order valence-corrected chi connectivity index (χ4v) is 2.37. The van der Waals surface area contributed by atoms with Crippen LogP contribution in [0.15, 0.2) is 76.8 Å². The van der Waals surface area contributed by atoms with Crippen LogP contribution in [0.2, 0.25) is 0 Å². The highest BCUT2D eigenvalue weighted by atomic mass is 16.4. The van der Waals surface area contributed by atoms with Crippen LogP contribution in [0, 0.1) is 0 Å². The van der Waals surface area contributed by atoms with E-state index in [2.05, 4.69) is 5.32 Å². The van der Waals surface area contributed by atoms with Crippen molar-refractivity contribution in [2.24, 2.45) is 0 Å². The van der Waals surface area contributed by atoms with Crippen LogP contribution in [-0.4, -0.2) is 17.0 Å². The molecule has 1 heterocycles. The summed E-state index contributed by atoms with van der Waals surface area (Å²) in [5.74, 6) is -0.986. The Labute approximate surface area is 149 Å². The van der Waals surface area contributed by atoms with E-state index in [1.807, 2.05) is 30.3 Å². The van der Waals surface area contributed by atoms with Crippen molar-refractivity contribution >= 4 is 23.6 Å². The molecule has 3 rings (SSSR count). The normalized spacial score (nSPS) is 11.2. The summed E-state index contributed by atoms with van der Waals surface area (Å²) in [5.41, 5.74) is 6.76. The predicted molar refractivity (Wildman–Crippen MR) is 98.1 cm³/mol. The van der Waals surface area contributed by atoms with Crippen molar-refractivity contribution in [2.75, 3.05) is 5.73 Å². The maximum absolute atomic E-state index is 12.3. The zero-order valence-corrected chi connectivity index (χ0v) is 13.7. The number of nitrogens with one attached hydrogen (secondary N) is 1. The fourth-order valence-electron chi connectivity index (χ4n) is 2.37. The monoisotopic (exact) mass is 348 g/mol. The molecule has 0 bridgehead atoms. The van der Waals surface area contributed by atoms with Gasteiger partial charge < -0.3 is 20.6 Å². The molecule has 26 heavy (non-hydrogen) atoms. The zero-order chi connectivity index (χ0) is 18.5. The molecule has 3 aromatic rings. The number of rotatable bonds is 5. The van der Waals surface area contributed by atoms with E-state index >= 15 is 0 Å². The van der Waals surface area contributed by atoms with Gasteiger partial charge in [-0.1, -0.05) is 42.5 Å². The molecule has 0 radical (unpaired) electrons. The van der Waals surface area contributed by atoms with Crippen molar-refractivity contribution < 1.29 is 19.1 Å². The Morgan fingerprint density at radius 1 is 0.962 bits per heavy atom. The van der Waals surface area contributed by atoms with Crippen LogP contribution in [0.4, 0.5) is 5.69 Å². The van der Waals surface area contributed by atoms with Gasteiger partial charge in [0.15, 0.2) is 0 Å². The Balaban J connectivity index is 1.84. The minimum atomic E-state index is -1.29. The lowest BCUT2D eigenvalue weighted by Gasteiger charge is -2.07. The highest BCUT2D eigenvalue weighted by molar-refractivity contribution is 6.05. The second kappa shape index (κ2) is 7.40. The number of carbonyl (C=O) groups excluding carboxylic acids is 1. The van der Waals surface area contributed by atoms with Gasteiger partial charge in [0, 0.05) is 17.3 Å². The second-order valence-corrected chi connectivity index (χ2v) is 5.47. The van der Waals surface area contributed by atoms with Gasteiger partial charge in [-0.15, -0.1) is 0 Å². The topological polar surface area (TPSA) is 106 Å². The summed E-state index contributed by atoms with van der Waals surface area (Å²) in [6.07, 6.45) is 1.26. The summed E-state index contributed by atoms with van der Waals surface area (Å²) < 4.78 is 5.65. The first-order chi connectivity index (χ1) is 12.5. The zero-order valence-electron chi connectivity index (χ0n) is 13.7. The van der Waals surface area contributed by atoms with E-state index in [4.69, 9.17) is 10.2 Å². The van der Waals surface area contributed by atoms with Gasteiger partial charge >= 0.3 is 5.97 Å². The molecule has 0 saturated heterocycles. The van der Waals surface area contributed by atoms with Crippen molar-refractivity contribution in [1.82, 2.24) is 5.32 Å². The van der Waals surface area contributed by atoms with Gasteiger partial charge in [-0.25, -0.2) is 4.79 Å². The Hall–Kier alpha value is -3.80. The van der Waals surface area contributed by atoms with Gasteiger partial charge in [0.1, 0.15) is 17.2 Å². The van der Waals surface area contributed by atoms with E-state index in [1.54, 1.807) is 30.3 Å². The smallest absolute Gasteiger partial charge is 0.352 e. The number of nitrogen functional groups attached to an aromatic ring is 1. The van der Waals surface area contributed by atoms with Crippen LogP contribution in [0.5, 0.6) is 0 Å². The molecule has 4 N–H and O–H groups in total. The maximum Gasteiger partial charge on any atom is 0.352 e. The summed E-state index contributed by atoms with van der Waals surface area (Å²) >= 11 is 0. The standard InChI is InChI=1S/C20H16N2O4/c21-16-9-5-4-8-15(16)19(23)22-17(20(24)25)12-14-10-11-18(26-14)13-6-2-1-3-7-13/h1-12H,21H2,(H,22,23)(H,24,25)/b17-12+. The van der Waals surface area contributed by atoms with Crippen LogP contribution in [0.1, 0.15) is 16.1 Å². The van der Waals surface area contributed by atoms with E-state index in [1.165, 1.54) is 12.1 Å². The number of aliphatic carboxylic acids is 1. The van der Waals surface area contributed by atoms with Gasteiger partial charge in [0.05, 0.1) is 5.56 Å². The highest BCUT2D eigenvalue weighted by Gasteiger charge is 2.16. The third-order valence-corrected chi connectivity index (χ3v) is 3.66. The first-order valence-electron chi connectivity index (χ1n) is 7.80. The molecule has 2 aromatic carbocycles. The maximum atomic E-state index is 12.3. The quantitative estimate of drug-likeness (QED) is 0.484. The number of furan rings is 1. The number of nitrogens with two attached hydrogens (primary N) is 1. The molecule has 1 amide bonds. The van der Waals surface area contributed by atoms with Crippen molar-refractivity contribution in [2.45, 2.75) is 0 Å². The number of carboxylic acids is 1. The molecule has 6 heteroatoms. The number of hydrogen-bond acceptors (Lipinski definition) is 4. The van der Waals surface area contributed by atoms with Gasteiger partial charge in [0.25, 0.3) is 5.91 Å². The van der Waals surface area contributed by atoms with Crippen LogP contribution in [0.25, 0.3) is 17.4 Å². The minimum absolute atomic E-state index is 0.198. The van der Waals surface area contributed by atoms with E-state index in [-0.39, 0.29) is 16.9 Å². The molecule has 0 aliphatic carbocycles. The molecule has 0 atom stereocenters. The molecule has 0 spiro atoms. The van der Waals surface area contributed by atoms with E-state index < -0.39 is 11.9 Å². The summed E-state index contributed by atoms with van der Waals surface area (Å²) in [7, 11) is 0.